The summed E-state index contributed by atoms with van der Waals surface area (Å²) in [5.74, 6) is -0.416. The third-order valence-electron chi connectivity index (χ3n) is 1.78. The summed E-state index contributed by atoms with van der Waals surface area (Å²) in [6.45, 7) is 3.42. The summed E-state index contributed by atoms with van der Waals surface area (Å²) in [6, 6.07) is 4.98. The van der Waals surface area contributed by atoms with Crippen LogP contribution < -0.4 is 5.43 Å². The molecular weight excluding hydrogens is 180 g/mol. The molecule has 1 aromatic carbocycles. The van der Waals surface area contributed by atoms with Crippen LogP contribution in [0, 0.1) is 6.92 Å². The molecule has 0 unspecified atom stereocenters. The smallest absolute Gasteiger partial charge is 0.275 e. The van der Waals surface area contributed by atoms with Crippen molar-refractivity contribution in [2.75, 3.05) is 0 Å². The summed E-state index contributed by atoms with van der Waals surface area (Å²) in [5.41, 5.74) is 3.18. The molecule has 0 fully saturated rings. The maximum absolute atomic E-state index is 11.4. The van der Waals surface area contributed by atoms with Crippen molar-refractivity contribution in [3.05, 3.63) is 29.3 Å². The number of rotatable bonds is 2. The number of hydrogen-bond donors (Lipinski definition) is 2. The molecule has 4 heteroatoms. The van der Waals surface area contributed by atoms with Gasteiger partial charge in [0.1, 0.15) is 5.75 Å². The summed E-state index contributed by atoms with van der Waals surface area (Å²) in [7, 11) is 0. The lowest BCUT2D eigenvalue weighted by Crippen LogP contribution is -2.17. The van der Waals surface area contributed by atoms with Gasteiger partial charge in [-0.05, 0) is 25.5 Å². The topological polar surface area (TPSA) is 61.7 Å². The molecule has 0 spiro atoms. The van der Waals surface area contributed by atoms with Crippen LogP contribution in [0.25, 0.3) is 0 Å². The average Bonchev–Trinajstić information content (AvgIpc) is 2.18. The van der Waals surface area contributed by atoms with E-state index in [1.54, 1.807) is 32.0 Å². The van der Waals surface area contributed by atoms with E-state index in [4.69, 9.17) is 0 Å². The monoisotopic (exact) mass is 192 g/mol. The molecule has 0 aliphatic heterocycles. The van der Waals surface area contributed by atoms with Crippen LogP contribution in [0.5, 0.6) is 5.75 Å². The summed E-state index contributed by atoms with van der Waals surface area (Å²) < 4.78 is 0. The van der Waals surface area contributed by atoms with Crippen molar-refractivity contribution in [1.29, 1.82) is 0 Å². The van der Waals surface area contributed by atoms with Gasteiger partial charge in [0.15, 0.2) is 0 Å². The van der Waals surface area contributed by atoms with Crippen LogP contribution in [0.4, 0.5) is 0 Å². The number of aryl methyl sites for hydroxylation is 1. The number of para-hydroxylation sites is 1. The quantitative estimate of drug-likeness (QED) is 0.550. The van der Waals surface area contributed by atoms with E-state index in [1.165, 1.54) is 6.21 Å². The molecule has 0 aliphatic carbocycles. The highest BCUT2D eigenvalue weighted by Crippen LogP contribution is 2.20. The Morgan fingerprint density at radius 2 is 2.29 bits per heavy atom. The Bertz CT molecular complexity index is 372. The number of benzene rings is 1. The number of nitrogens with one attached hydrogen (secondary N) is 1. The fourth-order valence-corrected chi connectivity index (χ4v) is 1.03. The number of amides is 1. The SMILES string of the molecule is C/C=N/NC(=O)c1cccc(C)c1O. The van der Waals surface area contributed by atoms with E-state index in [2.05, 4.69) is 10.5 Å². The fraction of sp³-hybridized carbons (Fsp3) is 0.200. The van der Waals surface area contributed by atoms with Gasteiger partial charge in [0.05, 0.1) is 5.56 Å². The van der Waals surface area contributed by atoms with Gasteiger partial charge in [0.2, 0.25) is 0 Å². The van der Waals surface area contributed by atoms with E-state index in [0.717, 1.165) is 0 Å². The van der Waals surface area contributed by atoms with Crippen molar-refractivity contribution in [3.8, 4) is 5.75 Å². The summed E-state index contributed by atoms with van der Waals surface area (Å²) in [4.78, 5) is 11.4. The minimum atomic E-state index is -0.413. The van der Waals surface area contributed by atoms with Gasteiger partial charge in [-0.1, -0.05) is 12.1 Å². The zero-order chi connectivity index (χ0) is 10.6. The third kappa shape index (κ3) is 2.10. The molecular formula is C10H12N2O2. The average molecular weight is 192 g/mol. The van der Waals surface area contributed by atoms with E-state index in [1.807, 2.05) is 0 Å². The number of carbonyl (C=O) groups excluding carboxylic acids is 1. The molecule has 0 aromatic heterocycles. The molecule has 1 rings (SSSR count). The lowest BCUT2D eigenvalue weighted by Gasteiger charge is -2.04. The van der Waals surface area contributed by atoms with Gasteiger partial charge < -0.3 is 5.11 Å². The normalized spacial score (nSPS) is 10.4. The number of nitrogens with zero attached hydrogens (tertiary/aromatic N) is 1. The standard InChI is InChI=1S/C10H12N2O2/c1-3-11-12-10(14)8-6-4-5-7(2)9(8)13/h3-6,13H,1-2H3,(H,12,14)/b11-3+. The molecule has 0 radical (unpaired) electrons. The highest BCUT2D eigenvalue weighted by molar-refractivity contribution is 5.97. The van der Waals surface area contributed by atoms with E-state index < -0.39 is 5.91 Å². The predicted octanol–water partition coefficient (Wildman–Crippen LogP) is 1.44. The van der Waals surface area contributed by atoms with Crippen LogP contribution in [0.15, 0.2) is 23.3 Å². The summed E-state index contributed by atoms with van der Waals surface area (Å²) in [5, 5.41) is 13.1. The minimum Gasteiger partial charge on any atom is -0.507 e. The molecule has 0 atom stereocenters. The van der Waals surface area contributed by atoms with Gasteiger partial charge in [0, 0.05) is 6.21 Å². The molecule has 0 saturated heterocycles. The zero-order valence-electron chi connectivity index (χ0n) is 8.11. The minimum absolute atomic E-state index is 0.00342. The Labute approximate surface area is 82.3 Å². The molecule has 0 saturated carbocycles. The lowest BCUT2D eigenvalue weighted by atomic mass is 10.1. The zero-order valence-corrected chi connectivity index (χ0v) is 8.11. The number of carbonyl (C=O) groups is 1. The molecule has 0 bridgehead atoms. The Morgan fingerprint density at radius 3 is 2.93 bits per heavy atom. The molecule has 1 aromatic rings. The van der Waals surface area contributed by atoms with Gasteiger partial charge in [-0.2, -0.15) is 5.10 Å². The predicted molar refractivity (Wildman–Crippen MR) is 54.5 cm³/mol. The molecule has 74 valence electrons. The van der Waals surface area contributed by atoms with Crippen LogP contribution in [0.1, 0.15) is 22.8 Å². The Balaban J connectivity index is 2.95. The van der Waals surface area contributed by atoms with Crippen LogP contribution in [0.2, 0.25) is 0 Å². The molecule has 2 N–H and O–H groups in total. The Morgan fingerprint density at radius 1 is 1.57 bits per heavy atom. The van der Waals surface area contributed by atoms with Gasteiger partial charge in [-0.15, -0.1) is 0 Å². The van der Waals surface area contributed by atoms with Gasteiger partial charge in [0.25, 0.3) is 5.91 Å². The van der Waals surface area contributed by atoms with E-state index in [0.29, 0.717) is 5.56 Å². The first-order valence-electron chi connectivity index (χ1n) is 4.23. The van der Waals surface area contributed by atoms with E-state index in [9.17, 15) is 9.90 Å². The van der Waals surface area contributed by atoms with Crippen LogP contribution in [0.3, 0.4) is 0 Å². The van der Waals surface area contributed by atoms with Crippen molar-refractivity contribution >= 4 is 12.1 Å². The fourth-order valence-electron chi connectivity index (χ4n) is 1.03. The second-order valence-corrected chi connectivity index (χ2v) is 2.80. The number of aromatic hydroxyl groups is 1. The number of phenols is 1. The maximum atomic E-state index is 11.4. The maximum Gasteiger partial charge on any atom is 0.275 e. The summed E-state index contributed by atoms with van der Waals surface area (Å²) >= 11 is 0. The third-order valence-corrected chi connectivity index (χ3v) is 1.78. The first-order valence-corrected chi connectivity index (χ1v) is 4.23. The van der Waals surface area contributed by atoms with Crippen LogP contribution in [-0.4, -0.2) is 17.2 Å². The molecule has 0 heterocycles. The van der Waals surface area contributed by atoms with Crippen molar-refractivity contribution in [3.63, 3.8) is 0 Å². The molecule has 4 nitrogen and oxygen atoms in total. The highest BCUT2D eigenvalue weighted by Gasteiger charge is 2.10. The van der Waals surface area contributed by atoms with Crippen molar-refractivity contribution in [1.82, 2.24) is 5.43 Å². The first kappa shape index (κ1) is 10.2. The Hall–Kier alpha value is -1.84. The number of hydrogen-bond acceptors (Lipinski definition) is 3. The molecule has 1 amide bonds. The number of hydrazone groups is 1. The van der Waals surface area contributed by atoms with E-state index >= 15 is 0 Å². The highest BCUT2D eigenvalue weighted by atomic mass is 16.3. The first-order chi connectivity index (χ1) is 6.66. The molecule has 14 heavy (non-hydrogen) atoms. The second kappa shape index (κ2) is 4.41. The second-order valence-electron chi connectivity index (χ2n) is 2.80. The lowest BCUT2D eigenvalue weighted by molar-refractivity contribution is 0.0952. The largest absolute Gasteiger partial charge is 0.507 e. The van der Waals surface area contributed by atoms with Crippen molar-refractivity contribution in [2.24, 2.45) is 5.10 Å². The van der Waals surface area contributed by atoms with Gasteiger partial charge in [-0.25, -0.2) is 5.43 Å². The van der Waals surface area contributed by atoms with E-state index in [-0.39, 0.29) is 11.3 Å². The van der Waals surface area contributed by atoms with Gasteiger partial charge >= 0.3 is 0 Å². The van der Waals surface area contributed by atoms with Crippen molar-refractivity contribution < 1.29 is 9.90 Å². The van der Waals surface area contributed by atoms with Gasteiger partial charge in [-0.3, -0.25) is 4.79 Å². The molecule has 0 aliphatic rings. The Kier molecular flexibility index (Phi) is 3.23. The van der Waals surface area contributed by atoms with Crippen LogP contribution in [-0.2, 0) is 0 Å². The number of phenolic OH excluding ortho intramolecular Hbond substituents is 1. The van der Waals surface area contributed by atoms with Crippen LogP contribution >= 0.6 is 0 Å². The summed E-state index contributed by atoms with van der Waals surface area (Å²) in [6.07, 6.45) is 1.46. The van der Waals surface area contributed by atoms with Crippen molar-refractivity contribution in [2.45, 2.75) is 13.8 Å².